The normalized spacial score (nSPS) is 12.1. The quantitative estimate of drug-likeness (QED) is 0.458. The number of aromatic nitrogens is 1. The molecule has 30 heavy (non-hydrogen) atoms. The van der Waals surface area contributed by atoms with Crippen LogP contribution in [0.15, 0.2) is 66.7 Å². The van der Waals surface area contributed by atoms with Crippen LogP contribution in [0.5, 0.6) is 0 Å². The smallest absolute Gasteiger partial charge is 0.255 e. The minimum absolute atomic E-state index is 0.235. The molecule has 1 amide bonds. The molecule has 2 aromatic carbocycles. The predicted octanol–water partition coefficient (Wildman–Crippen LogP) is 5.09. The molecule has 6 heteroatoms. The van der Waals surface area contributed by atoms with E-state index in [2.05, 4.69) is 10.3 Å². The highest BCUT2D eigenvalue weighted by Gasteiger charge is 2.25. The van der Waals surface area contributed by atoms with Crippen molar-refractivity contribution in [3.8, 4) is 0 Å². The molecule has 4 rings (SSSR count). The Bertz CT molecular complexity index is 1170. The molecule has 1 unspecified atom stereocenters. The third kappa shape index (κ3) is 3.98. The lowest BCUT2D eigenvalue weighted by Gasteiger charge is -2.14. The molecule has 0 radical (unpaired) electrons. The first-order valence-electron chi connectivity index (χ1n) is 9.59. The SMILES string of the molecule is COCc1cc(C)nc2sc(C(O)c3ccccc3)c(NC(=O)c3ccccc3)c12. The molecular formula is C24H22N2O3S. The van der Waals surface area contributed by atoms with Crippen LogP contribution in [0.3, 0.4) is 0 Å². The molecule has 0 aliphatic carbocycles. The molecule has 2 aromatic heterocycles. The van der Waals surface area contributed by atoms with Crippen molar-refractivity contribution < 1.29 is 14.6 Å². The lowest BCUT2D eigenvalue weighted by atomic mass is 10.0. The van der Waals surface area contributed by atoms with E-state index in [9.17, 15) is 9.90 Å². The van der Waals surface area contributed by atoms with Crippen LogP contribution in [0.2, 0.25) is 0 Å². The molecular weight excluding hydrogens is 396 g/mol. The summed E-state index contributed by atoms with van der Waals surface area (Å²) in [5.74, 6) is -0.235. The van der Waals surface area contributed by atoms with Crippen LogP contribution in [-0.2, 0) is 11.3 Å². The number of amides is 1. The van der Waals surface area contributed by atoms with E-state index >= 15 is 0 Å². The van der Waals surface area contributed by atoms with Crippen molar-refractivity contribution in [2.24, 2.45) is 0 Å². The number of nitrogens with zero attached hydrogens (tertiary/aromatic N) is 1. The number of benzene rings is 2. The third-order valence-electron chi connectivity index (χ3n) is 4.84. The van der Waals surface area contributed by atoms with Gasteiger partial charge in [-0.15, -0.1) is 11.3 Å². The largest absolute Gasteiger partial charge is 0.383 e. The van der Waals surface area contributed by atoms with Crippen molar-refractivity contribution in [1.29, 1.82) is 0 Å². The minimum atomic E-state index is -0.882. The first-order chi connectivity index (χ1) is 14.6. The number of hydrogen-bond donors (Lipinski definition) is 2. The highest BCUT2D eigenvalue weighted by Crippen LogP contribution is 2.43. The van der Waals surface area contributed by atoms with Gasteiger partial charge < -0.3 is 15.2 Å². The fourth-order valence-corrected chi connectivity index (χ4v) is 4.71. The number of anilines is 1. The highest BCUT2D eigenvalue weighted by molar-refractivity contribution is 7.19. The molecule has 5 nitrogen and oxygen atoms in total. The topological polar surface area (TPSA) is 71.5 Å². The second kappa shape index (κ2) is 8.75. The number of carbonyl (C=O) groups is 1. The van der Waals surface area contributed by atoms with Gasteiger partial charge in [0.2, 0.25) is 0 Å². The first kappa shape index (κ1) is 20.2. The third-order valence-corrected chi connectivity index (χ3v) is 5.97. The van der Waals surface area contributed by atoms with Gasteiger partial charge in [0.1, 0.15) is 10.9 Å². The molecule has 152 valence electrons. The highest BCUT2D eigenvalue weighted by atomic mass is 32.1. The van der Waals surface area contributed by atoms with Gasteiger partial charge in [0.25, 0.3) is 5.91 Å². The van der Waals surface area contributed by atoms with E-state index in [1.165, 1.54) is 11.3 Å². The summed E-state index contributed by atoms with van der Waals surface area (Å²) >= 11 is 1.39. The molecule has 2 N–H and O–H groups in total. The van der Waals surface area contributed by atoms with E-state index in [-0.39, 0.29) is 5.91 Å². The lowest BCUT2D eigenvalue weighted by molar-refractivity contribution is 0.102. The van der Waals surface area contributed by atoms with Gasteiger partial charge in [0.05, 0.1) is 17.2 Å². The number of methoxy groups -OCH3 is 1. The minimum Gasteiger partial charge on any atom is -0.383 e. The summed E-state index contributed by atoms with van der Waals surface area (Å²) in [6, 6.07) is 20.4. The summed E-state index contributed by atoms with van der Waals surface area (Å²) in [7, 11) is 1.63. The van der Waals surface area contributed by atoms with Gasteiger partial charge in [-0.05, 0) is 36.2 Å². The summed E-state index contributed by atoms with van der Waals surface area (Å²) in [4.78, 5) is 19.0. The summed E-state index contributed by atoms with van der Waals surface area (Å²) in [5.41, 5.74) is 3.66. The first-order valence-corrected chi connectivity index (χ1v) is 10.4. The van der Waals surface area contributed by atoms with E-state index in [0.717, 1.165) is 27.0 Å². The molecule has 2 heterocycles. The maximum Gasteiger partial charge on any atom is 0.255 e. The summed E-state index contributed by atoms with van der Waals surface area (Å²) in [5, 5.41) is 15.0. The molecule has 0 saturated heterocycles. The Hall–Kier alpha value is -3.06. The van der Waals surface area contributed by atoms with Gasteiger partial charge in [-0.2, -0.15) is 0 Å². The van der Waals surface area contributed by atoms with E-state index in [1.807, 2.05) is 61.5 Å². The van der Waals surface area contributed by atoms with Crippen molar-refractivity contribution in [2.45, 2.75) is 19.6 Å². The van der Waals surface area contributed by atoms with Crippen LogP contribution >= 0.6 is 11.3 Å². The zero-order valence-corrected chi connectivity index (χ0v) is 17.6. The summed E-state index contributed by atoms with van der Waals surface area (Å²) < 4.78 is 5.39. The fourth-order valence-electron chi connectivity index (χ4n) is 3.48. The van der Waals surface area contributed by atoms with Crippen LogP contribution in [0.25, 0.3) is 10.2 Å². The van der Waals surface area contributed by atoms with Gasteiger partial charge in [0, 0.05) is 23.8 Å². The van der Waals surface area contributed by atoms with Gasteiger partial charge in [-0.1, -0.05) is 48.5 Å². The molecule has 0 spiro atoms. The number of aliphatic hydroxyl groups excluding tert-OH is 1. The Morgan fingerprint density at radius 3 is 2.47 bits per heavy atom. The number of aliphatic hydroxyl groups is 1. The average Bonchev–Trinajstić information content (AvgIpc) is 3.12. The molecule has 0 saturated carbocycles. The monoisotopic (exact) mass is 418 g/mol. The number of fused-ring (bicyclic) bond motifs is 1. The maximum absolute atomic E-state index is 13.0. The number of hydrogen-bond acceptors (Lipinski definition) is 5. The van der Waals surface area contributed by atoms with Crippen molar-refractivity contribution in [3.05, 3.63) is 94.0 Å². The van der Waals surface area contributed by atoms with Crippen LogP contribution in [0.1, 0.15) is 38.2 Å². The van der Waals surface area contributed by atoms with Crippen molar-refractivity contribution in [1.82, 2.24) is 4.98 Å². The Labute approximate surface area is 179 Å². The predicted molar refractivity (Wildman–Crippen MR) is 120 cm³/mol. The van der Waals surface area contributed by atoms with Crippen LogP contribution in [-0.4, -0.2) is 23.1 Å². The second-order valence-corrected chi connectivity index (χ2v) is 8.04. The molecule has 0 aliphatic rings. The van der Waals surface area contributed by atoms with Crippen LogP contribution in [0, 0.1) is 6.92 Å². The number of rotatable bonds is 6. The van der Waals surface area contributed by atoms with E-state index in [0.29, 0.717) is 22.7 Å². The van der Waals surface area contributed by atoms with E-state index in [1.54, 1.807) is 19.2 Å². The van der Waals surface area contributed by atoms with Gasteiger partial charge in [-0.3, -0.25) is 4.79 Å². The molecule has 0 bridgehead atoms. The molecule has 0 fully saturated rings. The van der Waals surface area contributed by atoms with Crippen molar-refractivity contribution in [3.63, 3.8) is 0 Å². The number of ether oxygens (including phenoxy) is 1. The van der Waals surface area contributed by atoms with Crippen molar-refractivity contribution in [2.75, 3.05) is 12.4 Å². The van der Waals surface area contributed by atoms with E-state index in [4.69, 9.17) is 4.74 Å². The van der Waals surface area contributed by atoms with Gasteiger partial charge >= 0.3 is 0 Å². The number of nitrogens with one attached hydrogen (secondary N) is 1. The number of carbonyl (C=O) groups excluding carboxylic acids is 1. The number of aryl methyl sites for hydroxylation is 1. The van der Waals surface area contributed by atoms with E-state index < -0.39 is 6.10 Å². The number of thiophene rings is 1. The maximum atomic E-state index is 13.0. The fraction of sp³-hybridized carbons (Fsp3) is 0.167. The van der Waals surface area contributed by atoms with Gasteiger partial charge in [0.15, 0.2) is 0 Å². The Balaban J connectivity index is 1.88. The lowest BCUT2D eigenvalue weighted by Crippen LogP contribution is -2.14. The standard InChI is InChI=1S/C24H22N2O3S/c1-15-13-18(14-29-2)19-20(26-23(28)17-11-7-4-8-12-17)22(30-24(19)25-15)21(27)16-9-5-3-6-10-16/h3-13,21,27H,14H2,1-2H3,(H,26,28). The Morgan fingerprint density at radius 1 is 1.13 bits per heavy atom. The molecule has 4 aromatic rings. The summed E-state index contributed by atoms with van der Waals surface area (Å²) in [6.07, 6.45) is -0.882. The number of pyridine rings is 1. The Morgan fingerprint density at radius 2 is 1.80 bits per heavy atom. The average molecular weight is 419 g/mol. The van der Waals surface area contributed by atoms with Gasteiger partial charge in [-0.25, -0.2) is 4.98 Å². The molecule has 1 atom stereocenters. The Kier molecular flexibility index (Phi) is 5.90. The van der Waals surface area contributed by atoms with Crippen LogP contribution in [0.4, 0.5) is 5.69 Å². The second-order valence-electron chi connectivity index (χ2n) is 7.01. The summed E-state index contributed by atoms with van der Waals surface area (Å²) in [6.45, 7) is 2.31. The van der Waals surface area contributed by atoms with Crippen molar-refractivity contribution >= 4 is 33.1 Å². The molecule has 0 aliphatic heterocycles. The zero-order chi connectivity index (χ0) is 21.1. The van der Waals surface area contributed by atoms with Crippen LogP contribution < -0.4 is 5.32 Å². The zero-order valence-electron chi connectivity index (χ0n) is 16.8.